The Balaban J connectivity index is 3.61. The second-order valence-electron chi connectivity index (χ2n) is 9.20. The quantitative estimate of drug-likeness (QED) is 0.174. The van der Waals surface area contributed by atoms with E-state index in [0.29, 0.717) is 0 Å². The van der Waals surface area contributed by atoms with Crippen molar-refractivity contribution in [3.8, 4) is 0 Å². The van der Waals surface area contributed by atoms with E-state index < -0.39 is 8.56 Å². The van der Waals surface area contributed by atoms with Crippen LogP contribution in [0.15, 0.2) is 0 Å². The van der Waals surface area contributed by atoms with Gasteiger partial charge in [0.1, 0.15) is 0 Å². The van der Waals surface area contributed by atoms with Crippen molar-refractivity contribution in [1.29, 1.82) is 0 Å². The van der Waals surface area contributed by atoms with Gasteiger partial charge in [0, 0.05) is 13.2 Å². The zero-order chi connectivity index (χ0) is 19.7. The summed E-state index contributed by atoms with van der Waals surface area (Å²) in [5, 5.41) is 0. The zero-order valence-corrected chi connectivity index (χ0v) is 20.1. The fraction of sp³-hybridized carbons (Fsp3) is 1.00. The Bertz CT molecular complexity index is 295. The third kappa shape index (κ3) is 15.2. The van der Waals surface area contributed by atoms with Gasteiger partial charge in [-0.2, -0.15) is 0 Å². The molecule has 0 radical (unpaired) electrons. The molecule has 0 heterocycles. The van der Waals surface area contributed by atoms with Gasteiger partial charge in [-0.1, -0.05) is 112 Å². The summed E-state index contributed by atoms with van der Waals surface area (Å²) < 4.78 is 12.6. The molecule has 0 aromatic carbocycles. The van der Waals surface area contributed by atoms with E-state index in [4.69, 9.17) is 8.85 Å². The predicted octanol–water partition coefficient (Wildman–Crippen LogP) is 8.25. The molecule has 0 aliphatic carbocycles. The first kappa shape index (κ1) is 26.1. The molecule has 0 aliphatic rings. The molecule has 0 unspecified atom stereocenters. The molecule has 0 spiro atoms. The number of rotatable bonds is 18. The summed E-state index contributed by atoms with van der Waals surface area (Å²) in [5.41, 5.74) is 0.224. The molecule has 0 aromatic rings. The van der Waals surface area contributed by atoms with Gasteiger partial charge in [0.2, 0.25) is 0 Å². The maximum absolute atomic E-state index is 6.33. The lowest BCUT2D eigenvalue weighted by Gasteiger charge is -2.32. The van der Waals surface area contributed by atoms with Crippen LogP contribution in [0.2, 0.25) is 12.1 Å². The topological polar surface area (TPSA) is 18.5 Å². The second kappa shape index (κ2) is 16.1. The van der Waals surface area contributed by atoms with Crippen LogP contribution < -0.4 is 0 Å². The lowest BCUT2D eigenvalue weighted by Crippen LogP contribution is -2.43. The minimum absolute atomic E-state index is 0.224. The maximum atomic E-state index is 6.33. The van der Waals surface area contributed by atoms with Crippen molar-refractivity contribution in [3.05, 3.63) is 0 Å². The van der Waals surface area contributed by atoms with Crippen LogP contribution in [0.3, 0.4) is 0 Å². The molecule has 0 saturated heterocycles. The monoisotopic (exact) mass is 386 g/mol. The van der Waals surface area contributed by atoms with Gasteiger partial charge in [0.25, 0.3) is 0 Å². The van der Waals surface area contributed by atoms with Crippen molar-refractivity contribution in [2.75, 3.05) is 13.2 Å². The third-order valence-corrected chi connectivity index (χ3v) is 8.76. The smallest absolute Gasteiger partial charge is 0.337 e. The van der Waals surface area contributed by atoms with Crippen LogP contribution >= 0.6 is 0 Å². The van der Waals surface area contributed by atoms with E-state index in [2.05, 4.69) is 41.5 Å². The molecule has 26 heavy (non-hydrogen) atoms. The van der Waals surface area contributed by atoms with Gasteiger partial charge in [-0.25, -0.2) is 0 Å². The van der Waals surface area contributed by atoms with E-state index in [-0.39, 0.29) is 5.41 Å². The summed E-state index contributed by atoms with van der Waals surface area (Å²) in [6.45, 7) is 15.2. The van der Waals surface area contributed by atoms with Crippen molar-refractivity contribution < 1.29 is 8.85 Å². The van der Waals surface area contributed by atoms with E-state index in [9.17, 15) is 0 Å². The van der Waals surface area contributed by atoms with Crippen LogP contribution in [-0.4, -0.2) is 21.8 Å². The molecular weight excluding hydrogens is 336 g/mol. The van der Waals surface area contributed by atoms with Crippen LogP contribution in [0.1, 0.15) is 119 Å². The second-order valence-corrected chi connectivity index (χ2v) is 13.0. The molecule has 0 atom stereocenters. The van der Waals surface area contributed by atoms with Crippen LogP contribution in [0.5, 0.6) is 0 Å². The van der Waals surface area contributed by atoms with Crippen molar-refractivity contribution in [2.24, 2.45) is 5.41 Å². The predicted molar refractivity (Wildman–Crippen MR) is 119 cm³/mol. The minimum atomic E-state index is -1.95. The molecule has 0 saturated carbocycles. The lowest BCUT2D eigenvalue weighted by atomic mass is 9.99. The lowest BCUT2D eigenvalue weighted by molar-refractivity contribution is 0.119. The molecule has 0 bridgehead atoms. The first-order valence-corrected chi connectivity index (χ1v) is 13.9. The van der Waals surface area contributed by atoms with Crippen molar-refractivity contribution in [2.45, 2.75) is 131 Å². The molecule has 0 N–H and O–H groups in total. The molecule has 0 fully saturated rings. The number of unbranched alkanes of at least 4 members (excludes halogenated alkanes) is 11. The molecule has 0 aliphatic heterocycles. The normalized spacial score (nSPS) is 12.7. The van der Waals surface area contributed by atoms with Gasteiger partial charge >= 0.3 is 8.56 Å². The minimum Gasteiger partial charge on any atom is -0.394 e. The fourth-order valence-corrected chi connectivity index (χ4v) is 5.86. The summed E-state index contributed by atoms with van der Waals surface area (Å²) >= 11 is 0. The van der Waals surface area contributed by atoms with E-state index in [1.54, 1.807) is 0 Å². The highest BCUT2D eigenvalue weighted by molar-refractivity contribution is 6.67. The van der Waals surface area contributed by atoms with E-state index in [1.807, 2.05) is 0 Å². The molecule has 0 aromatic heterocycles. The van der Waals surface area contributed by atoms with Crippen molar-refractivity contribution >= 4 is 8.56 Å². The Morgan fingerprint density at radius 3 is 1.38 bits per heavy atom. The van der Waals surface area contributed by atoms with Gasteiger partial charge in [-0.05, 0) is 23.9 Å². The van der Waals surface area contributed by atoms with Gasteiger partial charge < -0.3 is 8.85 Å². The van der Waals surface area contributed by atoms with Crippen molar-refractivity contribution in [1.82, 2.24) is 0 Å². The van der Waals surface area contributed by atoms with E-state index in [1.165, 1.54) is 77.0 Å². The molecular formula is C23H50O2Si. The summed E-state index contributed by atoms with van der Waals surface area (Å²) in [6, 6.07) is 2.13. The Morgan fingerprint density at radius 2 is 1.00 bits per heavy atom. The molecule has 158 valence electrons. The highest BCUT2D eigenvalue weighted by Gasteiger charge is 2.34. The summed E-state index contributed by atoms with van der Waals surface area (Å²) in [7, 11) is -1.95. The van der Waals surface area contributed by atoms with Crippen LogP contribution in [0, 0.1) is 5.41 Å². The molecule has 3 heteroatoms. The third-order valence-electron chi connectivity index (χ3n) is 5.21. The Morgan fingerprint density at radius 1 is 0.577 bits per heavy atom. The first-order chi connectivity index (χ1) is 12.4. The average Bonchev–Trinajstić information content (AvgIpc) is 2.61. The van der Waals surface area contributed by atoms with Crippen LogP contribution in [0.4, 0.5) is 0 Å². The van der Waals surface area contributed by atoms with Crippen LogP contribution in [-0.2, 0) is 8.85 Å². The number of hydrogen-bond acceptors (Lipinski definition) is 2. The first-order valence-electron chi connectivity index (χ1n) is 11.7. The summed E-state index contributed by atoms with van der Waals surface area (Å²) in [6.07, 6.45) is 16.7. The van der Waals surface area contributed by atoms with Crippen LogP contribution in [0.25, 0.3) is 0 Å². The molecule has 0 amide bonds. The van der Waals surface area contributed by atoms with Gasteiger partial charge in [0.15, 0.2) is 0 Å². The summed E-state index contributed by atoms with van der Waals surface area (Å²) in [4.78, 5) is 0. The highest BCUT2D eigenvalue weighted by atomic mass is 28.4. The van der Waals surface area contributed by atoms with Gasteiger partial charge in [-0.15, -0.1) is 0 Å². The highest BCUT2D eigenvalue weighted by Crippen LogP contribution is 2.24. The van der Waals surface area contributed by atoms with Gasteiger partial charge in [0.05, 0.1) is 0 Å². The largest absolute Gasteiger partial charge is 0.394 e. The molecule has 0 rings (SSSR count). The van der Waals surface area contributed by atoms with Crippen molar-refractivity contribution in [3.63, 3.8) is 0 Å². The Labute approximate surface area is 167 Å². The maximum Gasteiger partial charge on any atom is 0.337 e. The van der Waals surface area contributed by atoms with E-state index in [0.717, 1.165) is 25.3 Å². The average molecular weight is 387 g/mol. The zero-order valence-electron chi connectivity index (χ0n) is 19.1. The Kier molecular flexibility index (Phi) is 16.2. The standard InChI is InChI=1S/C23H50O2Si/c1-7-10-11-12-13-14-15-16-17-18-19-20-21-24-26(8-2,9-3)25-22-23(4,5)6/h7-22H2,1-6H3. The van der Waals surface area contributed by atoms with Gasteiger partial charge in [-0.3, -0.25) is 0 Å². The SMILES string of the molecule is CCCCCCCCCCCCCCO[Si](CC)(CC)OCC(C)(C)C. The number of hydrogen-bond donors (Lipinski definition) is 0. The summed E-state index contributed by atoms with van der Waals surface area (Å²) in [5.74, 6) is 0. The fourth-order valence-electron chi connectivity index (χ4n) is 3.25. The Hall–Kier alpha value is 0.137. The van der Waals surface area contributed by atoms with E-state index >= 15 is 0 Å². The molecule has 2 nitrogen and oxygen atoms in total.